The number of amides is 1. The molecular formula is C17H22ClN3O6. The fourth-order valence-electron chi connectivity index (χ4n) is 3.35. The second-order valence-electron chi connectivity index (χ2n) is 6.70. The molecule has 2 aliphatic heterocycles. The quantitative estimate of drug-likeness (QED) is 0.576. The van der Waals surface area contributed by atoms with Gasteiger partial charge in [-0.2, -0.15) is 0 Å². The summed E-state index contributed by atoms with van der Waals surface area (Å²) in [6, 6.07) is 2.57. The summed E-state index contributed by atoms with van der Waals surface area (Å²) in [5, 5.41) is 24.0. The zero-order valence-corrected chi connectivity index (χ0v) is 15.5. The molecule has 2 saturated heterocycles. The van der Waals surface area contributed by atoms with Crippen LogP contribution in [0.1, 0.15) is 25.7 Å². The van der Waals surface area contributed by atoms with Crippen LogP contribution in [0.5, 0.6) is 5.75 Å². The molecule has 2 N–H and O–H groups in total. The number of ether oxygens (including phenoxy) is 2. The topological polar surface area (TPSA) is 114 Å². The van der Waals surface area contributed by atoms with Gasteiger partial charge in [0.1, 0.15) is 22.6 Å². The van der Waals surface area contributed by atoms with Gasteiger partial charge in [0.25, 0.3) is 5.69 Å². The summed E-state index contributed by atoms with van der Waals surface area (Å²) in [4.78, 5) is 23.6. The van der Waals surface area contributed by atoms with Gasteiger partial charge in [-0.25, -0.2) is 4.79 Å². The first-order valence-corrected chi connectivity index (χ1v) is 9.29. The van der Waals surface area contributed by atoms with E-state index in [1.165, 1.54) is 17.0 Å². The lowest BCUT2D eigenvalue weighted by Gasteiger charge is -2.24. The number of hydrogen-bond donors (Lipinski definition) is 2. The molecule has 27 heavy (non-hydrogen) atoms. The standard InChI is InChI=1S/C17H22ClN3O6/c18-15-14(27-12-6-8-26-10-12)5-4-13(21(24)25)16(15)19-11-3-1-2-7-20(9-11)17(22)23/h4-5,11-12,19H,1-3,6-10H2,(H,22,23)/t11-,12-/m1/s1. The molecule has 0 unspecified atom stereocenters. The van der Waals surface area contributed by atoms with Crippen LogP contribution in [-0.4, -0.2) is 59.5 Å². The number of carboxylic acid groups (broad SMARTS) is 1. The minimum absolute atomic E-state index is 0.127. The Balaban J connectivity index is 1.84. The van der Waals surface area contributed by atoms with Crippen LogP contribution in [0, 0.1) is 10.1 Å². The normalized spacial score (nSPS) is 22.9. The van der Waals surface area contributed by atoms with E-state index in [1.54, 1.807) is 0 Å². The van der Waals surface area contributed by atoms with Gasteiger partial charge in [0.15, 0.2) is 0 Å². The third kappa shape index (κ3) is 4.72. The van der Waals surface area contributed by atoms with Crippen molar-refractivity contribution in [1.29, 1.82) is 0 Å². The van der Waals surface area contributed by atoms with Crippen molar-refractivity contribution in [2.75, 3.05) is 31.6 Å². The van der Waals surface area contributed by atoms with E-state index >= 15 is 0 Å². The maximum absolute atomic E-state index is 11.5. The lowest BCUT2D eigenvalue weighted by Crippen LogP contribution is -2.38. The van der Waals surface area contributed by atoms with E-state index in [9.17, 15) is 20.0 Å². The van der Waals surface area contributed by atoms with Gasteiger partial charge < -0.3 is 24.8 Å². The second-order valence-corrected chi connectivity index (χ2v) is 7.08. The summed E-state index contributed by atoms with van der Waals surface area (Å²) in [7, 11) is 0. The molecule has 1 amide bonds. The Bertz CT molecular complexity index is 710. The van der Waals surface area contributed by atoms with E-state index < -0.39 is 11.0 Å². The Morgan fingerprint density at radius 1 is 1.41 bits per heavy atom. The number of benzene rings is 1. The summed E-state index contributed by atoms with van der Waals surface area (Å²) in [6.07, 6.45) is 1.86. The minimum atomic E-state index is -0.998. The first-order chi connectivity index (χ1) is 13.0. The lowest BCUT2D eigenvalue weighted by molar-refractivity contribution is -0.384. The summed E-state index contributed by atoms with van der Waals surface area (Å²) >= 11 is 6.43. The monoisotopic (exact) mass is 399 g/mol. The fourth-order valence-corrected chi connectivity index (χ4v) is 3.61. The predicted octanol–water partition coefficient (Wildman–Crippen LogP) is 3.36. The summed E-state index contributed by atoms with van der Waals surface area (Å²) in [5.74, 6) is 0.351. The molecule has 148 valence electrons. The van der Waals surface area contributed by atoms with Crippen LogP contribution in [0.15, 0.2) is 12.1 Å². The molecule has 1 aromatic rings. The molecule has 0 bridgehead atoms. The van der Waals surface area contributed by atoms with Crippen molar-refractivity contribution in [2.24, 2.45) is 0 Å². The van der Waals surface area contributed by atoms with Gasteiger partial charge in [-0.1, -0.05) is 11.6 Å². The van der Waals surface area contributed by atoms with Crippen molar-refractivity contribution < 1.29 is 24.3 Å². The summed E-state index contributed by atoms with van der Waals surface area (Å²) in [5.41, 5.74) is -0.00327. The van der Waals surface area contributed by atoms with E-state index in [0.29, 0.717) is 31.9 Å². The van der Waals surface area contributed by atoms with Crippen LogP contribution in [0.25, 0.3) is 0 Å². The SMILES string of the molecule is O=C(O)N1CCCC[C@@H](Nc2c([N+](=O)[O-])ccc(O[C@@H]3CCOC3)c2Cl)C1. The van der Waals surface area contributed by atoms with E-state index in [2.05, 4.69) is 5.32 Å². The third-order valence-electron chi connectivity index (χ3n) is 4.75. The molecule has 2 aliphatic rings. The molecule has 9 nitrogen and oxygen atoms in total. The van der Waals surface area contributed by atoms with Gasteiger partial charge in [0.2, 0.25) is 0 Å². The number of halogens is 1. The smallest absolute Gasteiger partial charge is 0.407 e. The van der Waals surface area contributed by atoms with Crippen molar-refractivity contribution >= 4 is 29.1 Å². The molecule has 0 spiro atoms. The predicted molar refractivity (Wildman–Crippen MR) is 98.8 cm³/mol. The Kier molecular flexibility index (Phi) is 6.22. The molecular weight excluding hydrogens is 378 g/mol. The lowest BCUT2D eigenvalue weighted by atomic mass is 10.1. The number of likely N-dealkylation sites (tertiary alicyclic amines) is 1. The molecule has 3 rings (SSSR count). The Hall–Kier alpha value is -2.26. The van der Waals surface area contributed by atoms with Crippen molar-refractivity contribution in [2.45, 2.75) is 37.8 Å². The molecule has 0 aliphatic carbocycles. The first-order valence-electron chi connectivity index (χ1n) is 8.91. The number of nitro groups is 1. The highest BCUT2D eigenvalue weighted by Crippen LogP contribution is 2.41. The van der Waals surface area contributed by atoms with E-state index in [1.807, 2.05) is 0 Å². The van der Waals surface area contributed by atoms with E-state index in [-0.39, 0.29) is 35.1 Å². The largest absolute Gasteiger partial charge is 0.486 e. The maximum Gasteiger partial charge on any atom is 0.407 e. The molecule has 0 radical (unpaired) electrons. The number of anilines is 1. The van der Waals surface area contributed by atoms with Gasteiger partial charge >= 0.3 is 6.09 Å². The first kappa shape index (κ1) is 19.5. The molecule has 2 atom stereocenters. The highest BCUT2D eigenvalue weighted by molar-refractivity contribution is 6.35. The van der Waals surface area contributed by atoms with Gasteiger partial charge in [-0.15, -0.1) is 0 Å². The van der Waals surface area contributed by atoms with E-state index in [0.717, 1.165) is 19.3 Å². The van der Waals surface area contributed by atoms with Crippen LogP contribution in [0.2, 0.25) is 5.02 Å². The van der Waals surface area contributed by atoms with Gasteiger partial charge in [0.05, 0.1) is 18.1 Å². The van der Waals surface area contributed by atoms with Crippen molar-refractivity contribution in [1.82, 2.24) is 4.90 Å². The highest BCUT2D eigenvalue weighted by Gasteiger charge is 2.28. The number of rotatable bonds is 5. The molecule has 1 aromatic carbocycles. The number of carbonyl (C=O) groups is 1. The van der Waals surface area contributed by atoms with Crippen molar-refractivity contribution in [3.63, 3.8) is 0 Å². The third-order valence-corrected chi connectivity index (χ3v) is 5.13. The minimum Gasteiger partial charge on any atom is -0.486 e. The highest BCUT2D eigenvalue weighted by atomic mass is 35.5. The van der Waals surface area contributed by atoms with Crippen LogP contribution in [0.4, 0.5) is 16.2 Å². The Morgan fingerprint density at radius 3 is 2.89 bits per heavy atom. The molecule has 0 saturated carbocycles. The zero-order chi connectivity index (χ0) is 19.4. The Morgan fingerprint density at radius 2 is 2.22 bits per heavy atom. The van der Waals surface area contributed by atoms with Crippen LogP contribution < -0.4 is 10.1 Å². The molecule has 0 aromatic heterocycles. The molecule has 2 heterocycles. The van der Waals surface area contributed by atoms with Crippen molar-refractivity contribution in [3.8, 4) is 5.75 Å². The van der Waals surface area contributed by atoms with Gasteiger partial charge in [-0.05, 0) is 25.3 Å². The summed E-state index contributed by atoms with van der Waals surface area (Å²) < 4.78 is 11.1. The van der Waals surface area contributed by atoms with Crippen LogP contribution in [0.3, 0.4) is 0 Å². The second kappa shape index (κ2) is 8.62. The van der Waals surface area contributed by atoms with Crippen LogP contribution in [-0.2, 0) is 4.74 Å². The zero-order valence-electron chi connectivity index (χ0n) is 14.7. The number of hydrogen-bond acceptors (Lipinski definition) is 6. The number of nitrogens with one attached hydrogen (secondary N) is 1. The number of nitro benzene ring substituents is 1. The van der Waals surface area contributed by atoms with Gasteiger partial charge in [-0.3, -0.25) is 10.1 Å². The average Bonchev–Trinajstić information content (AvgIpc) is 3.01. The maximum atomic E-state index is 11.5. The number of nitrogens with zero attached hydrogens (tertiary/aromatic N) is 2. The van der Waals surface area contributed by atoms with Gasteiger partial charge in [0, 0.05) is 31.6 Å². The molecule has 2 fully saturated rings. The fraction of sp³-hybridized carbons (Fsp3) is 0.588. The van der Waals surface area contributed by atoms with E-state index in [4.69, 9.17) is 21.1 Å². The van der Waals surface area contributed by atoms with Crippen LogP contribution >= 0.6 is 11.6 Å². The van der Waals surface area contributed by atoms with Crippen molar-refractivity contribution in [3.05, 3.63) is 27.3 Å². The Labute approximate surface area is 161 Å². The summed E-state index contributed by atoms with van der Waals surface area (Å²) in [6.45, 7) is 1.75. The average molecular weight is 400 g/mol. The molecule has 10 heteroatoms.